The zero-order valence-corrected chi connectivity index (χ0v) is 13.1. The molecule has 22 heavy (non-hydrogen) atoms. The molecule has 7 heteroatoms. The van der Waals surface area contributed by atoms with E-state index in [1.54, 1.807) is 11.0 Å². The van der Waals surface area contributed by atoms with Gasteiger partial charge in [-0.2, -0.15) is 0 Å². The van der Waals surface area contributed by atoms with Crippen LogP contribution >= 0.6 is 0 Å². The number of amides is 1. The minimum Gasteiger partial charge on any atom is -0.451 e. The molecule has 0 spiro atoms. The van der Waals surface area contributed by atoms with Gasteiger partial charge in [0.15, 0.2) is 5.76 Å². The molecule has 118 valence electrons. The van der Waals surface area contributed by atoms with Gasteiger partial charge in [-0.05, 0) is 30.9 Å². The molecular weight excluding hydrogens is 304 g/mol. The zero-order chi connectivity index (χ0) is 15.9. The van der Waals surface area contributed by atoms with E-state index in [0.717, 1.165) is 10.9 Å². The summed E-state index contributed by atoms with van der Waals surface area (Å²) in [4.78, 5) is 14.1. The number of fused-ring (bicyclic) bond motifs is 1. The summed E-state index contributed by atoms with van der Waals surface area (Å²) in [7, 11) is -3.51. The Balaban J connectivity index is 1.78. The van der Waals surface area contributed by atoms with Crippen molar-refractivity contribution >= 4 is 26.9 Å². The molecule has 2 heterocycles. The summed E-state index contributed by atoms with van der Waals surface area (Å²) in [5, 5.41) is 5.96. The van der Waals surface area contributed by atoms with Crippen LogP contribution in [-0.4, -0.2) is 38.1 Å². The standard InChI is InChI=1S/C15H18N2O4S/c1-10-3-2-4-12-7-13(21-14(10)12)15(18)17-6-5-11(8-17)9-22(16,19)20/h2-4,7,11H,5-6,8-9H2,1H3,(H2,16,19,20)/t11-/m0/s1. The Morgan fingerprint density at radius 2 is 2.23 bits per heavy atom. The summed E-state index contributed by atoms with van der Waals surface area (Å²) in [6, 6.07) is 7.48. The van der Waals surface area contributed by atoms with Crippen molar-refractivity contribution in [3.8, 4) is 0 Å². The molecule has 3 rings (SSSR count). The fraction of sp³-hybridized carbons (Fsp3) is 0.400. The van der Waals surface area contributed by atoms with Crippen molar-refractivity contribution in [1.29, 1.82) is 0 Å². The van der Waals surface area contributed by atoms with Gasteiger partial charge < -0.3 is 9.32 Å². The summed E-state index contributed by atoms with van der Waals surface area (Å²) < 4.78 is 28.0. The molecule has 0 bridgehead atoms. The van der Waals surface area contributed by atoms with Gasteiger partial charge >= 0.3 is 0 Å². The molecule has 1 aromatic carbocycles. The summed E-state index contributed by atoms with van der Waals surface area (Å²) in [5.41, 5.74) is 1.69. The molecule has 1 aliphatic rings. The van der Waals surface area contributed by atoms with Crippen LogP contribution in [0.5, 0.6) is 0 Å². The third-order valence-electron chi connectivity index (χ3n) is 3.99. The number of aryl methyl sites for hydroxylation is 1. The van der Waals surface area contributed by atoms with E-state index in [9.17, 15) is 13.2 Å². The Hall–Kier alpha value is -1.86. The molecule has 0 unspecified atom stereocenters. The lowest BCUT2D eigenvalue weighted by Crippen LogP contribution is -2.30. The van der Waals surface area contributed by atoms with E-state index in [1.165, 1.54) is 0 Å². The van der Waals surface area contributed by atoms with Crippen molar-refractivity contribution in [2.24, 2.45) is 11.1 Å². The first-order valence-corrected chi connectivity index (χ1v) is 8.84. The second-order valence-electron chi connectivity index (χ2n) is 5.84. The smallest absolute Gasteiger partial charge is 0.289 e. The highest BCUT2D eigenvalue weighted by Crippen LogP contribution is 2.25. The van der Waals surface area contributed by atoms with Gasteiger partial charge in [0.1, 0.15) is 5.58 Å². The van der Waals surface area contributed by atoms with Gasteiger partial charge in [0.2, 0.25) is 10.0 Å². The number of sulfonamides is 1. The minimum atomic E-state index is -3.51. The third-order valence-corrected chi connectivity index (χ3v) is 4.93. The molecule has 6 nitrogen and oxygen atoms in total. The van der Waals surface area contributed by atoms with Crippen LogP contribution in [0, 0.1) is 12.8 Å². The normalized spacial score (nSPS) is 19.0. The molecule has 0 saturated carbocycles. The van der Waals surface area contributed by atoms with E-state index in [1.807, 2.05) is 25.1 Å². The van der Waals surface area contributed by atoms with Gasteiger partial charge in [0.25, 0.3) is 5.91 Å². The number of likely N-dealkylation sites (tertiary alicyclic amines) is 1. The average molecular weight is 322 g/mol. The Morgan fingerprint density at radius 1 is 1.45 bits per heavy atom. The van der Waals surface area contributed by atoms with Crippen molar-refractivity contribution in [3.05, 3.63) is 35.6 Å². The van der Waals surface area contributed by atoms with E-state index >= 15 is 0 Å². The Labute approximate surface area is 128 Å². The van der Waals surface area contributed by atoms with Crippen molar-refractivity contribution in [2.75, 3.05) is 18.8 Å². The Morgan fingerprint density at radius 3 is 2.91 bits per heavy atom. The number of hydrogen-bond donors (Lipinski definition) is 1. The van der Waals surface area contributed by atoms with E-state index < -0.39 is 10.0 Å². The molecule has 1 amide bonds. The number of hydrogen-bond acceptors (Lipinski definition) is 4. The fourth-order valence-corrected chi connectivity index (χ4v) is 3.88. The molecule has 0 aliphatic carbocycles. The number of carbonyl (C=O) groups excluding carboxylic acids is 1. The largest absolute Gasteiger partial charge is 0.451 e. The van der Waals surface area contributed by atoms with Crippen LogP contribution in [0.2, 0.25) is 0 Å². The Bertz CT molecular complexity index is 825. The number of primary sulfonamides is 1. The van der Waals surface area contributed by atoms with Crippen molar-refractivity contribution in [3.63, 3.8) is 0 Å². The van der Waals surface area contributed by atoms with Crippen LogP contribution in [0.15, 0.2) is 28.7 Å². The van der Waals surface area contributed by atoms with Gasteiger partial charge in [-0.1, -0.05) is 18.2 Å². The summed E-state index contributed by atoms with van der Waals surface area (Å²) >= 11 is 0. The van der Waals surface area contributed by atoms with Crippen LogP contribution in [0.1, 0.15) is 22.5 Å². The zero-order valence-electron chi connectivity index (χ0n) is 12.3. The highest BCUT2D eigenvalue weighted by molar-refractivity contribution is 7.89. The minimum absolute atomic E-state index is 0.0873. The van der Waals surface area contributed by atoms with Crippen molar-refractivity contribution < 1.29 is 17.6 Å². The molecule has 2 aromatic rings. The second-order valence-corrected chi connectivity index (χ2v) is 7.50. The maximum Gasteiger partial charge on any atom is 0.289 e. The first-order chi connectivity index (χ1) is 10.3. The lowest BCUT2D eigenvalue weighted by Gasteiger charge is -2.14. The summed E-state index contributed by atoms with van der Waals surface area (Å²) in [6.45, 7) is 2.85. The number of carbonyl (C=O) groups is 1. The van der Waals surface area contributed by atoms with E-state index in [0.29, 0.717) is 30.9 Å². The molecule has 0 radical (unpaired) electrons. The van der Waals surface area contributed by atoms with Crippen LogP contribution in [0.25, 0.3) is 11.0 Å². The monoisotopic (exact) mass is 322 g/mol. The second kappa shape index (κ2) is 5.40. The van der Waals surface area contributed by atoms with Crippen molar-refractivity contribution in [2.45, 2.75) is 13.3 Å². The number of nitrogens with two attached hydrogens (primary N) is 1. The van der Waals surface area contributed by atoms with Gasteiger partial charge in [0, 0.05) is 18.5 Å². The number of benzene rings is 1. The molecule has 1 fully saturated rings. The van der Waals surface area contributed by atoms with E-state index in [-0.39, 0.29) is 17.6 Å². The van der Waals surface area contributed by atoms with Crippen LogP contribution in [-0.2, 0) is 10.0 Å². The van der Waals surface area contributed by atoms with Gasteiger partial charge in [0.05, 0.1) is 5.75 Å². The topological polar surface area (TPSA) is 93.6 Å². The fourth-order valence-electron chi connectivity index (χ4n) is 2.95. The predicted octanol–water partition coefficient (Wildman–Crippen LogP) is 1.49. The number of para-hydroxylation sites is 1. The van der Waals surface area contributed by atoms with Crippen LogP contribution in [0.3, 0.4) is 0 Å². The molecule has 1 aliphatic heterocycles. The molecule has 1 atom stereocenters. The third kappa shape index (κ3) is 3.00. The van der Waals surface area contributed by atoms with Crippen molar-refractivity contribution in [1.82, 2.24) is 4.90 Å². The first kappa shape index (κ1) is 15.1. The molecule has 1 saturated heterocycles. The van der Waals surface area contributed by atoms with Crippen LogP contribution in [0.4, 0.5) is 0 Å². The number of rotatable bonds is 3. The molecule has 1 aromatic heterocycles. The maximum absolute atomic E-state index is 12.5. The van der Waals surface area contributed by atoms with Gasteiger partial charge in [-0.25, -0.2) is 13.6 Å². The van der Waals surface area contributed by atoms with Gasteiger partial charge in [-0.3, -0.25) is 4.79 Å². The number of furan rings is 1. The lowest BCUT2D eigenvalue weighted by atomic mass is 10.2. The quantitative estimate of drug-likeness (QED) is 0.926. The van der Waals surface area contributed by atoms with E-state index in [4.69, 9.17) is 9.56 Å². The molecular formula is C15H18N2O4S. The maximum atomic E-state index is 12.5. The van der Waals surface area contributed by atoms with E-state index in [2.05, 4.69) is 0 Å². The van der Waals surface area contributed by atoms with Gasteiger partial charge in [-0.15, -0.1) is 0 Å². The number of nitrogens with zero attached hydrogens (tertiary/aromatic N) is 1. The summed E-state index contributed by atoms with van der Waals surface area (Å²) in [6.07, 6.45) is 0.640. The molecule has 2 N–H and O–H groups in total. The SMILES string of the molecule is Cc1cccc2cc(C(=O)N3CC[C@H](CS(N)(=O)=O)C3)oc12. The highest BCUT2D eigenvalue weighted by atomic mass is 32.2. The Kier molecular flexibility index (Phi) is 3.70. The summed E-state index contributed by atoms with van der Waals surface area (Å²) in [5.74, 6) is -0.103. The predicted molar refractivity (Wildman–Crippen MR) is 82.9 cm³/mol. The van der Waals surface area contributed by atoms with Crippen LogP contribution < -0.4 is 5.14 Å². The average Bonchev–Trinajstić information content (AvgIpc) is 3.03. The highest BCUT2D eigenvalue weighted by Gasteiger charge is 2.30. The first-order valence-electron chi connectivity index (χ1n) is 7.12. The lowest BCUT2D eigenvalue weighted by molar-refractivity contribution is 0.0759.